The van der Waals surface area contributed by atoms with Gasteiger partial charge in [0.1, 0.15) is 0 Å². The molecule has 1 amide bonds. The van der Waals surface area contributed by atoms with E-state index in [9.17, 15) is 4.79 Å². The number of hydrogen-bond donors (Lipinski definition) is 0. The van der Waals surface area contributed by atoms with E-state index in [1.807, 2.05) is 35.6 Å². The van der Waals surface area contributed by atoms with Crippen LogP contribution >= 0.6 is 0 Å². The van der Waals surface area contributed by atoms with E-state index < -0.39 is 0 Å². The minimum Gasteiger partial charge on any atom is -0.334 e. The lowest BCUT2D eigenvalue weighted by atomic mass is 10.1. The number of amides is 1. The second kappa shape index (κ2) is 8.16. The van der Waals surface area contributed by atoms with Gasteiger partial charge in [-0.25, -0.2) is 0 Å². The standard InChI is InChI=1S/C19H25N5O/c1-3-23(13-16-6-8-20-9-7-16)14-17-11-21-12-18(22-17)19-5-4-10-24(19)15(2)25/h6-9,11-12,19H,3-5,10,13-14H2,1-2H3/t19-/m0/s1. The maximum Gasteiger partial charge on any atom is 0.220 e. The van der Waals surface area contributed by atoms with Crippen molar-refractivity contribution in [1.82, 2.24) is 24.8 Å². The summed E-state index contributed by atoms with van der Waals surface area (Å²) in [6, 6.07) is 4.14. The van der Waals surface area contributed by atoms with E-state index in [1.165, 1.54) is 5.56 Å². The lowest BCUT2D eigenvalue weighted by Gasteiger charge is -2.24. The summed E-state index contributed by atoms with van der Waals surface area (Å²) in [6.45, 7) is 7.11. The third-order valence-electron chi connectivity index (χ3n) is 4.69. The minimum absolute atomic E-state index is 0.0697. The molecule has 1 atom stereocenters. The molecule has 0 spiro atoms. The normalized spacial score (nSPS) is 17.2. The fourth-order valence-corrected chi connectivity index (χ4v) is 3.37. The highest BCUT2D eigenvalue weighted by atomic mass is 16.2. The SMILES string of the molecule is CCN(Cc1ccncc1)Cc1cncc([C@@H]2CCCN2C(C)=O)n1. The summed E-state index contributed by atoms with van der Waals surface area (Å²) < 4.78 is 0. The number of aromatic nitrogens is 3. The lowest BCUT2D eigenvalue weighted by molar-refractivity contribution is -0.129. The maximum absolute atomic E-state index is 11.8. The molecule has 2 aromatic rings. The van der Waals surface area contributed by atoms with Crippen LogP contribution in [0.25, 0.3) is 0 Å². The van der Waals surface area contributed by atoms with Crippen molar-refractivity contribution in [2.45, 2.75) is 45.8 Å². The second-order valence-electron chi connectivity index (χ2n) is 6.46. The molecule has 0 bridgehead atoms. The van der Waals surface area contributed by atoms with E-state index in [0.29, 0.717) is 0 Å². The van der Waals surface area contributed by atoms with E-state index in [4.69, 9.17) is 4.98 Å². The summed E-state index contributed by atoms with van der Waals surface area (Å²) in [4.78, 5) is 29.3. The van der Waals surface area contributed by atoms with Crippen LogP contribution in [0.5, 0.6) is 0 Å². The van der Waals surface area contributed by atoms with Crippen LogP contribution in [0.2, 0.25) is 0 Å². The largest absolute Gasteiger partial charge is 0.334 e. The van der Waals surface area contributed by atoms with Crippen LogP contribution in [-0.4, -0.2) is 43.7 Å². The molecule has 3 rings (SSSR count). The van der Waals surface area contributed by atoms with Crippen LogP contribution < -0.4 is 0 Å². The number of carbonyl (C=O) groups is 1. The van der Waals surface area contributed by atoms with Gasteiger partial charge in [-0.15, -0.1) is 0 Å². The number of nitrogens with zero attached hydrogens (tertiary/aromatic N) is 5. The third kappa shape index (κ3) is 4.39. The monoisotopic (exact) mass is 339 g/mol. The van der Waals surface area contributed by atoms with Crippen molar-refractivity contribution in [2.75, 3.05) is 13.1 Å². The van der Waals surface area contributed by atoms with Gasteiger partial charge in [0.25, 0.3) is 0 Å². The van der Waals surface area contributed by atoms with Gasteiger partial charge in [0.05, 0.1) is 23.6 Å². The van der Waals surface area contributed by atoms with Gasteiger partial charge in [0, 0.05) is 45.1 Å². The van der Waals surface area contributed by atoms with E-state index >= 15 is 0 Å². The summed E-state index contributed by atoms with van der Waals surface area (Å²) in [5, 5.41) is 0. The number of likely N-dealkylation sites (tertiary alicyclic amines) is 1. The van der Waals surface area contributed by atoms with E-state index in [-0.39, 0.29) is 11.9 Å². The molecule has 1 aliphatic heterocycles. The van der Waals surface area contributed by atoms with E-state index in [0.717, 1.165) is 50.4 Å². The van der Waals surface area contributed by atoms with Crippen molar-refractivity contribution in [3.05, 3.63) is 53.9 Å². The van der Waals surface area contributed by atoms with Gasteiger partial charge in [-0.3, -0.25) is 24.6 Å². The highest BCUT2D eigenvalue weighted by molar-refractivity contribution is 5.74. The molecule has 1 fully saturated rings. The van der Waals surface area contributed by atoms with Gasteiger partial charge in [-0.2, -0.15) is 0 Å². The average Bonchev–Trinajstić information content (AvgIpc) is 3.12. The Bertz CT molecular complexity index is 706. The Balaban J connectivity index is 1.71. The van der Waals surface area contributed by atoms with Crippen LogP contribution in [0.1, 0.15) is 49.7 Å². The predicted octanol–water partition coefficient (Wildman–Crippen LogP) is 2.58. The molecule has 0 saturated carbocycles. The van der Waals surface area contributed by atoms with Gasteiger partial charge in [-0.05, 0) is 37.1 Å². The zero-order valence-corrected chi connectivity index (χ0v) is 14.9. The highest BCUT2D eigenvalue weighted by Crippen LogP contribution is 2.30. The molecule has 0 unspecified atom stereocenters. The van der Waals surface area contributed by atoms with Gasteiger partial charge in [-0.1, -0.05) is 6.92 Å². The molecule has 0 aliphatic carbocycles. The first-order valence-electron chi connectivity index (χ1n) is 8.86. The van der Waals surface area contributed by atoms with Crippen LogP contribution in [0.15, 0.2) is 36.9 Å². The van der Waals surface area contributed by atoms with Crippen LogP contribution in [0.3, 0.4) is 0 Å². The summed E-state index contributed by atoms with van der Waals surface area (Å²) in [6.07, 6.45) is 9.26. The Morgan fingerprint density at radius 1 is 1.24 bits per heavy atom. The second-order valence-corrected chi connectivity index (χ2v) is 6.46. The first-order valence-corrected chi connectivity index (χ1v) is 8.86. The van der Waals surface area contributed by atoms with E-state index in [1.54, 1.807) is 13.1 Å². The Morgan fingerprint density at radius 3 is 2.76 bits per heavy atom. The first-order chi connectivity index (χ1) is 12.2. The molecule has 2 aromatic heterocycles. The molecule has 1 aliphatic rings. The van der Waals surface area contributed by atoms with Crippen molar-refractivity contribution < 1.29 is 4.79 Å². The minimum atomic E-state index is 0.0697. The van der Waals surface area contributed by atoms with Gasteiger partial charge in [0.15, 0.2) is 0 Å². The maximum atomic E-state index is 11.8. The van der Waals surface area contributed by atoms with Crippen molar-refractivity contribution in [2.24, 2.45) is 0 Å². The molecule has 0 N–H and O–H groups in total. The molecular formula is C19H25N5O. The molecule has 3 heterocycles. The number of rotatable bonds is 6. The Kier molecular flexibility index (Phi) is 5.71. The fraction of sp³-hybridized carbons (Fsp3) is 0.474. The smallest absolute Gasteiger partial charge is 0.220 e. The Morgan fingerprint density at radius 2 is 2.04 bits per heavy atom. The van der Waals surface area contributed by atoms with Crippen LogP contribution in [-0.2, 0) is 17.9 Å². The number of carbonyl (C=O) groups excluding carboxylic acids is 1. The molecule has 25 heavy (non-hydrogen) atoms. The average molecular weight is 339 g/mol. The molecule has 1 saturated heterocycles. The van der Waals surface area contributed by atoms with Crippen LogP contribution in [0, 0.1) is 0 Å². The fourth-order valence-electron chi connectivity index (χ4n) is 3.37. The van der Waals surface area contributed by atoms with Gasteiger partial charge in [0.2, 0.25) is 5.91 Å². The molecule has 6 nitrogen and oxygen atoms in total. The molecule has 0 radical (unpaired) electrons. The summed E-state index contributed by atoms with van der Waals surface area (Å²) in [5.41, 5.74) is 3.09. The van der Waals surface area contributed by atoms with Crippen molar-refractivity contribution in [3.63, 3.8) is 0 Å². The Hall–Kier alpha value is -2.34. The quantitative estimate of drug-likeness (QED) is 0.809. The summed E-state index contributed by atoms with van der Waals surface area (Å²) in [7, 11) is 0. The predicted molar refractivity (Wildman–Crippen MR) is 95.4 cm³/mol. The summed E-state index contributed by atoms with van der Waals surface area (Å²) in [5.74, 6) is 0.113. The molecular weight excluding hydrogens is 314 g/mol. The zero-order valence-electron chi connectivity index (χ0n) is 14.9. The molecule has 132 valence electrons. The third-order valence-corrected chi connectivity index (χ3v) is 4.69. The van der Waals surface area contributed by atoms with Gasteiger partial charge < -0.3 is 4.90 Å². The summed E-state index contributed by atoms with van der Waals surface area (Å²) >= 11 is 0. The lowest BCUT2D eigenvalue weighted by Crippen LogP contribution is -2.29. The molecule has 0 aromatic carbocycles. The Labute approximate surface area is 148 Å². The van der Waals surface area contributed by atoms with Crippen LogP contribution in [0.4, 0.5) is 0 Å². The first kappa shape index (κ1) is 17.5. The number of pyridine rings is 1. The molecule has 6 heteroatoms. The van der Waals surface area contributed by atoms with Gasteiger partial charge >= 0.3 is 0 Å². The van der Waals surface area contributed by atoms with Crippen molar-refractivity contribution in [3.8, 4) is 0 Å². The topological polar surface area (TPSA) is 62.2 Å². The van der Waals surface area contributed by atoms with E-state index in [2.05, 4.69) is 21.8 Å². The highest BCUT2D eigenvalue weighted by Gasteiger charge is 2.29. The zero-order chi connectivity index (χ0) is 17.6. The van der Waals surface area contributed by atoms with Crippen molar-refractivity contribution in [1.29, 1.82) is 0 Å². The van der Waals surface area contributed by atoms with Crippen molar-refractivity contribution >= 4 is 5.91 Å². The number of hydrogen-bond acceptors (Lipinski definition) is 5.